The maximum Gasteiger partial charge on any atom is 0.338 e. The topological polar surface area (TPSA) is 100 Å². The fourth-order valence-electron chi connectivity index (χ4n) is 2.59. The minimum atomic E-state index is -1.10. The molecule has 3 aromatic rings. The van der Waals surface area contributed by atoms with Crippen LogP contribution in [0.1, 0.15) is 22.0 Å². The average molecular weight is 376 g/mol. The van der Waals surface area contributed by atoms with E-state index in [-0.39, 0.29) is 22.1 Å². The number of carboxylic acids is 1. The van der Waals surface area contributed by atoms with E-state index in [0.29, 0.717) is 17.9 Å². The van der Waals surface area contributed by atoms with Crippen molar-refractivity contribution in [1.82, 2.24) is 20.3 Å². The molecular formula is C17H15ClFN5O2. The Bertz CT molecular complexity index is 969. The molecule has 0 spiro atoms. The molecule has 0 saturated carbocycles. The van der Waals surface area contributed by atoms with Gasteiger partial charge in [0.05, 0.1) is 16.6 Å². The van der Waals surface area contributed by atoms with Crippen LogP contribution in [-0.2, 0) is 0 Å². The molecule has 3 N–H and O–H groups in total. The maximum atomic E-state index is 13.4. The lowest BCUT2D eigenvalue weighted by atomic mass is 10.1. The molecule has 0 aliphatic rings. The zero-order chi connectivity index (χ0) is 18.7. The molecule has 0 amide bonds. The van der Waals surface area contributed by atoms with Gasteiger partial charge in [0.15, 0.2) is 5.82 Å². The molecule has 0 aliphatic carbocycles. The van der Waals surface area contributed by atoms with Crippen molar-refractivity contribution in [3.05, 3.63) is 58.8 Å². The highest BCUT2D eigenvalue weighted by Crippen LogP contribution is 2.26. The lowest BCUT2D eigenvalue weighted by Crippen LogP contribution is -2.24. The van der Waals surface area contributed by atoms with Crippen LogP contribution in [0.25, 0.3) is 11.0 Å². The Labute approximate surface area is 153 Å². The average Bonchev–Trinajstić information content (AvgIpc) is 2.63. The molecule has 0 radical (unpaired) electrons. The van der Waals surface area contributed by atoms with Crippen LogP contribution in [0.3, 0.4) is 0 Å². The van der Waals surface area contributed by atoms with Crippen LogP contribution in [0.15, 0.2) is 36.8 Å². The first-order valence-corrected chi connectivity index (χ1v) is 8.08. The van der Waals surface area contributed by atoms with Crippen molar-refractivity contribution in [3.8, 4) is 0 Å². The summed E-state index contributed by atoms with van der Waals surface area (Å²) in [6, 6.07) is 5.53. The monoisotopic (exact) mass is 375 g/mol. The van der Waals surface area contributed by atoms with Gasteiger partial charge in [-0.1, -0.05) is 17.7 Å². The molecule has 2 aromatic heterocycles. The van der Waals surface area contributed by atoms with E-state index in [1.807, 2.05) is 0 Å². The van der Waals surface area contributed by atoms with Crippen molar-refractivity contribution in [3.63, 3.8) is 0 Å². The van der Waals surface area contributed by atoms with Gasteiger partial charge in [-0.05, 0) is 30.8 Å². The largest absolute Gasteiger partial charge is 0.478 e. The summed E-state index contributed by atoms with van der Waals surface area (Å²) in [6.45, 7) is 0.492. The molecule has 7 nitrogen and oxygen atoms in total. The van der Waals surface area contributed by atoms with Crippen LogP contribution in [0, 0.1) is 5.82 Å². The number of carbonyl (C=O) groups is 1. The number of hydrogen-bond donors (Lipinski definition) is 3. The van der Waals surface area contributed by atoms with Crippen molar-refractivity contribution in [2.24, 2.45) is 0 Å². The van der Waals surface area contributed by atoms with Crippen molar-refractivity contribution < 1.29 is 14.3 Å². The molecule has 1 aromatic carbocycles. The summed E-state index contributed by atoms with van der Waals surface area (Å²) in [5.74, 6) is -1.23. The molecule has 0 aliphatic heterocycles. The van der Waals surface area contributed by atoms with E-state index in [1.54, 1.807) is 13.1 Å². The zero-order valence-corrected chi connectivity index (χ0v) is 14.5. The van der Waals surface area contributed by atoms with Crippen LogP contribution in [0.4, 0.5) is 10.2 Å². The van der Waals surface area contributed by atoms with Crippen molar-refractivity contribution in [2.45, 2.75) is 6.04 Å². The van der Waals surface area contributed by atoms with E-state index in [0.717, 1.165) is 5.56 Å². The normalized spacial score (nSPS) is 12.1. The number of aromatic nitrogens is 3. The second kappa shape index (κ2) is 7.59. The summed E-state index contributed by atoms with van der Waals surface area (Å²) in [5.41, 5.74) is 1.35. The second-order valence-electron chi connectivity index (χ2n) is 5.51. The Kier molecular flexibility index (Phi) is 5.24. The highest BCUT2D eigenvalue weighted by Gasteiger charge is 2.18. The summed E-state index contributed by atoms with van der Waals surface area (Å²) in [6.07, 6.45) is 2.66. The minimum absolute atomic E-state index is 0.0178. The highest BCUT2D eigenvalue weighted by atomic mass is 35.5. The van der Waals surface area contributed by atoms with Crippen LogP contribution in [0.2, 0.25) is 5.02 Å². The number of anilines is 1. The predicted molar refractivity (Wildman–Crippen MR) is 96.0 cm³/mol. The van der Waals surface area contributed by atoms with Gasteiger partial charge >= 0.3 is 5.97 Å². The molecule has 2 heterocycles. The van der Waals surface area contributed by atoms with E-state index in [9.17, 15) is 14.3 Å². The number of hydrogen-bond acceptors (Lipinski definition) is 6. The number of nitrogens with zero attached hydrogens (tertiary/aromatic N) is 3. The van der Waals surface area contributed by atoms with Gasteiger partial charge in [0.2, 0.25) is 0 Å². The first kappa shape index (κ1) is 18.0. The fourth-order valence-corrected chi connectivity index (χ4v) is 2.78. The summed E-state index contributed by atoms with van der Waals surface area (Å²) in [5, 5.41) is 15.6. The number of likely N-dealkylation sites (N-methyl/N-ethyl adjacent to an activating group) is 1. The van der Waals surface area contributed by atoms with Gasteiger partial charge in [-0.3, -0.25) is 4.98 Å². The second-order valence-corrected chi connectivity index (χ2v) is 5.92. The quantitative estimate of drug-likeness (QED) is 0.609. The Morgan fingerprint density at radius 2 is 2.08 bits per heavy atom. The summed E-state index contributed by atoms with van der Waals surface area (Å²) in [4.78, 5) is 23.8. The molecule has 134 valence electrons. The molecule has 1 unspecified atom stereocenters. The van der Waals surface area contributed by atoms with E-state index >= 15 is 0 Å². The lowest BCUT2D eigenvalue weighted by molar-refractivity contribution is 0.0698. The number of benzene rings is 1. The van der Waals surface area contributed by atoms with Crippen LogP contribution >= 0.6 is 11.6 Å². The Hall–Kier alpha value is -2.84. The maximum absolute atomic E-state index is 13.4. The van der Waals surface area contributed by atoms with Crippen LogP contribution in [-0.4, -0.2) is 39.6 Å². The molecule has 26 heavy (non-hydrogen) atoms. The molecule has 3 rings (SSSR count). The summed E-state index contributed by atoms with van der Waals surface area (Å²) < 4.78 is 13.4. The third-order valence-electron chi connectivity index (χ3n) is 3.82. The molecule has 9 heteroatoms. The SMILES string of the molecule is CNCC(Nc1ncnc2c(C(=O)O)ccnc12)c1ccc(F)c(Cl)c1. The summed E-state index contributed by atoms with van der Waals surface area (Å²) >= 11 is 5.89. The molecule has 0 saturated heterocycles. The van der Waals surface area contributed by atoms with Crippen LogP contribution in [0.5, 0.6) is 0 Å². The van der Waals surface area contributed by atoms with Crippen molar-refractivity contribution in [1.29, 1.82) is 0 Å². The number of rotatable bonds is 6. The van der Waals surface area contributed by atoms with Crippen molar-refractivity contribution in [2.75, 3.05) is 18.9 Å². The standard InChI is InChI=1S/C17H15ClFN5O2/c1-20-7-13(9-2-3-12(19)11(18)6-9)24-16-15-14(22-8-23-16)10(17(25)26)4-5-21-15/h2-6,8,13,20H,7H2,1H3,(H,25,26)(H,22,23,24). The third-order valence-corrected chi connectivity index (χ3v) is 4.11. The highest BCUT2D eigenvalue weighted by molar-refractivity contribution is 6.30. The van der Waals surface area contributed by atoms with Crippen molar-refractivity contribution >= 4 is 34.4 Å². The van der Waals surface area contributed by atoms with E-state index in [1.165, 1.54) is 30.7 Å². The summed E-state index contributed by atoms with van der Waals surface area (Å²) in [7, 11) is 1.78. The minimum Gasteiger partial charge on any atom is -0.478 e. The molecular weight excluding hydrogens is 361 g/mol. The van der Waals surface area contributed by atoms with Gasteiger partial charge < -0.3 is 15.7 Å². The van der Waals surface area contributed by atoms with E-state index in [2.05, 4.69) is 25.6 Å². The van der Waals surface area contributed by atoms with E-state index < -0.39 is 11.8 Å². The molecule has 0 bridgehead atoms. The number of pyridine rings is 1. The third kappa shape index (κ3) is 3.56. The fraction of sp³-hybridized carbons (Fsp3) is 0.176. The lowest BCUT2D eigenvalue weighted by Gasteiger charge is -2.20. The van der Waals surface area contributed by atoms with Crippen LogP contribution < -0.4 is 10.6 Å². The van der Waals surface area contributed by atoms with Gasteiger partial charge in [-0.25, -0.2) is 19.2 Å². The first-order chi connectivity index (χ1) is 12.5. The van der Waals surface area contributed by atoms with Gasteiger partial charge in [0.25, 0.3) is 0 Å². The number of aromatic carboxylic acids is 1. The van der Waals surface area contributed by atoms with E-state index in [4.69, 9.17) is 11.6 Å². The first-order valence-electron chi connectivity index (χ1n) is 7.70. The Balaban J connectivity index is 2.03. The number of halogens is 2. The van der Waals surface area contributed by atoms with Gasteiger partial charge in [0, 0.05) is 12.7 Å². The zero-order valence-electron chi connectivity index (χ0n) is 13.7. The van der Waals surface area contributed by atoms with Gasteiger partial charge in [-0.15, -0.1) is 0 Å². The number of carboxylic acid groups (broad SMARTS) is 1. The Morgan fingerprint density at radius 3 is 2.77 bits per heavy atom. The smallest absolute Gasteiger partial charge is 0.338 e. The molecule has 1 atom stereocenters. The van der Waals surface area contributed by atoms with Gasteiger partial charge in [0.1, 0.15) is 23.2 Å². The number of fused-ring (bicyclic) bond motifs is 1. The molecule has 0 fully saturated rings. The predicted octanol–water partition coefficient (Wildman–Crippen LogP) is 2.89. The van der Waals surface area contributed by atoms with Gasteiger partial charge in [-0.2, -0.15) is 0 Å². The number of nitrogens with one attached hydrogen (secondary N) is 2. The Morgan fingerprint density at radius 1 is 1.27 bits per heavy atom.